The Morgan fingerprint density at radius 3 is 2.43 bits per heavy atom. The molecule has 0 spiro atoms. The van der Waals surface area contributed by atoms with Crippen molar-refractivity contribution in [2.24, 2.45) is 5.41 Å². The Labute approximate surface area is 99.3 Å². The van der Waals surface area contributed by atoms with E-state index in [4.69, 9.17) is 0 Å². The fraction of sp³-hybridized carbons (Fsp3) is 0.636. The van der Waals surface area contributed by atoms with Crippen LogP contribution in [0.25, 0.3) is 0 Å². The summed E-state index contributed by atoms with van der Waals surface area (Å²) in [6.45, 7) is 8.99. The first-order valence-electron chi connectivity index (χ1n) is 4.79. The van der Waals surface area contributed by atoms with Crippen molar-refractivity contribution >= 4 is 27.3 Å². The highest BCUT2D eigenvalue weighted by molar-refractivity contribution is 9.11. The van der Waals surface area contributed by atoms with Crippen LogP contribution in [-0.4, -0.2) is 18.5 Å². The third-order valence-corrected chi connectivity index (χ3v) is 3.41. The van der Waals surface area contributed by atoms with Crippen molar-refractivity contribution in [3.8, 4) is 0 Å². The molecule has 1 rings (SSSR count). The normalized spacial score (nSPS) is 12.4. The molecular weight excluding hydrogens is 258 g/mol. The summed E-state index contributed by atoms with van der Waals surface area (Å²) in [4.78, 5) is 3.79. The van der Waals surface area contributed by atoms with Gasteiger partial charge in [-0.15, -0.1) is 11.3 Å². The lowest BCUT2D eigenvalue weighted by atomic mass is 9.96. The molecule has 0 aliphatic carbocycles. The standard InChI is InChI=1S/C11H18BrNS/c1-11(2,3)8-13(4)7-9-5-6-10(12)14-9/h5-6H,7-8H2,1-4H3. The maximum absolute atomic E-state index is 3.48. The van der Waals surface area contributed by atoms with Crippen LogP contribution in [0.2, 0.25) is 0 Å². The van der Waals surface area contributed by atoms with Crippen molar-refractivity contribution in [1.29, 1.82) is 0 Å². The number of hydrogen-bond acceptors (Lipinski definition) is 2. The van der Waals surface area contributed by atoms with Gasteiger partial charge < -0.3 is 4.90 Å². The van der Waals surface area contributed by atoms with Gasteiger partial charge in [0.1, 0.15) is 0 Å². The molecule has 14 heavy (non-hydrogen) atoms. The second-order valence-corrected chi connectivity index (χ2v) is 7.49. The molecule has 0 atom stereocenters. The van der Waals surface area contributed by atoms with E-state index in [0.29, 0.717) is 5.41 Å². The van der Waals surface area contributed by atoms with Crippen LogP contribution in [0.5, 0.6) is 0 Å². The van der Waals surface area contributed by atoms with Crippen LogP contribution >= 0.6 is 27.3 Å². The van der Waals surface area contributed by atoms with E-state index in [1.165, 1.54) is 8.66 Å². The largest absolute Gasteiger partial charge is 0.301 e. The van der Waals surface area contributed by atoms with E-state index in [9.17, 15) is 0 Å². The molecule has 1 heterocycles. The Kier molecular flexibility index (Phi) is 4.16. The summed E-state index contributed by atoms with van der Waals surface area (Å²) >= 11 is 5.30. The summed E-state index contributed by atoms with van der Waals surface area (Å²) in [6.07, 6.45) is 0. The Morgan fingerprint density at radius 1 is 1.36 bits per heavy atom. The molecule has 0 amide bonds. The van der Waals surface area contributed by atoms with Crippen molar-refractivity contribution in [2.45, 2.75) is 27.3 Å². The van der Waals surface area contributed by atoms with Crippen LogP contribution in [0.15, 0.2) is 15.9 Å². The Balaban J connectivity index is 2.45. The Bertz CT molecular complexity index is 288. The smallest absolute Gasteiger partial charge is 0.0701 e. The van der Waals surface area contributed by atoms with E-state index in [1.807, 2.05) is 11.3 Å². The first-order valence-corrected chi connectivity index (χ1v) is 6.40. The first-order chi connectivity index (χ1) is 6.37. The SMILES string of the molecule is CN(Cc1ccc(Br)s1)CC(C)(C)C. The minimum atomic E-state index is 0.378. The molecule has 0 bridgehead atoms. The van der Waals surface area contributed by atoms with Crippen LogP contribution in [0.4, 0.5) is 0 Å². The zero-order chi connectivity index (χ0) is 10.8. The zero-order valence-corrected chi connectivity index (χ0v) is 11.7. The van der Waals surface area contributed by atoms with Crippen LogP contribution in [0, 0.1) is 5.41 Å². The molecule has 80 valence electrons. The third-order valence-electron chi connectivity index (χ3n) is 1.80. The second kappa shape index (κ2) is 4.77. The molecule has 1 aromatic rings. The number of halogens is 1. The molecule has 0 aliphatic rings. The van der Waals surface area contributed by atoms with Gasteiger partial charge in [-0.25, -0.2) is 0 Å². The van der Waals surface area contributed by atoms with Crippen molar-refractivity contribution in [3.63, 3.8) is 0 Å². The summed E-state index contributed by atoms with van der Waals surface area (Å²) in [5.74, 6) is 0. The number of thiophene rings is 1. The summed E-state index contributed by atoms with van der Waals surface area (Å²) in [6, 6.07) is 4.30. The van der Waals surface area contributed by atoms with Gasteiger partial charge >= 0.3 is 0 Å². The molecule has 0 saturated heterocycles. The highest BCUT2D eigenvalue weighted by Gasteiger charge is 2.13. The highest BCUT2D eigenvalue weighted by atomic mass is 79.9. The minimum Gasteiger partial charge on any atom is -0.301 e. The van der Waals surface area contributed by atoms with E-state index in [-0.39, 0.29) is 0 Å². The van der Waals surface area contributed by atoms with Crippen LogP contribution in [0.3, 0.4) is 0 Å². The fourth-order valence-corrected chi connectivity index (χ4v) is 3.13. The quantitative estimate of drug-likeness (QED) is 0.807. The number of hydrogen-bond donors (Lipinski definition) is 0. The molecule has 0 aliphatic heterocycles. The van der Waals surface area contributed by atoms with Crippen molar-refractivity contribution in [3.05, 3.63) is 20.8 Å². The predicted molar refractivity (Wildman–Crippen MR) is 67.8 cm³/mol. The van der Waals surface area contributed by atoms with E-state index >= 15 is 0 Å². The third kappa shape index (κ3) is 4.58. The Morgan fingerprint density at radius 2 is 2.00 bits per heavy atom. The average Bonchev–Trinajstić information content (AvgIpc) is 2.30. The van der Waals surface area contributed by atoms with E-state index < -0.39 is 0 Å². The van der Waals surface area contributed by atoms with Crippen molar-refractivity contribution < 1.29 is 0 Å². The van der Waals surface area contributed by atoms with Gasteiger partial charge in [-0.3, -0.25) is 0 Å². The predicted octanol–water partition coefficient (Wildman–Crippen LogP) is 3.99. The van der Waals surface area contributed by atoms with Crippen LogP contribution in [0.1, 0.15) is 25.6 Å². The lowest BCUT2D eigenvalue weighted by molar-refractivity contribution is 0.222. The van der Waals surface area contributed by atoms with Gasteiger partial charge in [0.15, 0.2) is 0 Å². The van der Waals surface area contributed by atoms with Gasteiger partial charge in [-0.05, 0) is 40.5 Å². The first kappa shape index (κ1) is 12.2. The van der Waals surface area contributed by atoms with Gasteiger partial charge in [0.2, 0.25) is 0 Å². The Hall–Kier alpha value is 0.140. The topological polar surface area (TPSA) is 3.24 Å². The molecule has 3 heteroatoms. The molecule has 1 aromatic heterocycles. The monoisotopic (exact) mass is 275 g/mol. The van der Waals surface area contributed by atoms with Crippen LogP contribution in [-0.2, 0) is 6.54 Å². The molecule has 1 nitrogen and oxygen atoms in total. The highest BCUT2D eigenvalue weighted by Crippen LogP contribution is 2.24. The van der Waals surface area contributed by atoms with E-state index in [2.05, 4.69) is 60.8 Å². The van der Waals surface area contributed by atoms with Crippen molar-refractivity contribution in [1.82, 2.24) is 4.90 Å². The number of rotatable bonds is 3. The molecular formula is C11H18BrNS. The molecule has 0 saturated carbocycles. The minimum absolute atomic E-state index is 0.378. The maximum atomic E-state index is 3.48. The van der Waals surface area contributed by atoms with Gasteiger partial charge in [-0.1, -0.05) is 20.8 Å². The second-order valence-electron chi connectivity index (χ2n) is 4.94. The lowest BCUT2D eigenvalue weighted by Crippen LogP contribution is -2.28. The van der Waals surface area contributed by atoms with E-state index in [1.54, 1.807) is 0 Å². The van der Waals surface area contributed by atoms with Crippen LogP contribution < -0.4 is 0 Å². The number of nitrogens with zero attached hydrogens (tertiary/aromatic N) is 1. The maximum Gasteiger partial charge on any atom is 0.0701 e. The molecule has 0 N–H and O–H groups in total. The average molecular weight is 276 g/mol. The van der Waals surface area contributed by atoms with E-state index in [0.717, 1.165) is 13.1 Å². The fourth-order valence-electron chi connectivity index (χ4n) is 1.57. The molecule has 0 unspecified atom stereocenters. The summed E-state index contributed by atoms with van der Waals surface area (Å²) in [7, 11) is 2.18. The molecule has 0 fully saturated rings. The summed E-state index contributed by atoms with van der Waals surface area (Å²) < 4.78 is 1.22. The summed E-state index contributed by atoms with van der Waals surface area (Å²) in [5, 5.41) is 0. The zero-order valence-electron chi connectivity index (χ0n) is 9.30. The molecule has 0 aromatic carbocycles. The lowest BCUT2D eigenvalue weighted by Gasteiger charge is -2.25. The van der Waals surface area contributed by atoms with Gasteiger partial charge in [0.05, 0.1) is 3.79 Å². The van der Waals surface area contributed by atoms with Gasteiger partial charge in [-0.2, -0.15) is 0 Å². The van der Waals surface area contributed by atoms with Gasteiger partial charge in [0, 0.05) is 18.0 Å². The molecule has 0 radical (unpaired) electrons. The van der Waals surface area contributed by atoms with Crippen molar-refractivity contribution in [2.75, 3.05) is 13.6 Å². The summed E-state index contributed by atoms with van der Waals surface area (Å²) in [5.41, 5.74) is 0.378. The van der Waals surface area contributed by atoms with Gasteiger partial charge in [0.25, 0.3) is 0 Å².